The Morgan fingerprint density at radius 3 is 3.00 bits per heavy atom. The predicted molar refractivity (Wildman–Crippen MR) is 84.7 cm³/mol. The van der Waals surface area contributed by atoms with E-state index in [1.54, 1.807) is 6.08 Å². The molecular weight excluding hydrogens is 278 g/mol. The van der Waals surface area contributed by atoms with E-state index in [0.717, 1.165) is 42.8 Å². The van der Waals surface area contributed by atoms with E-state index in [1.165, 1.54) is 6.92 Å². The maximum atomic E-state index is 11.4. The molecule has 2 N–H and O–H groups in total. The number of anilines is 1. The Morgan fingerprint density at radius 2 is 2.27 bits per heavy atom. The van der Waals surface area contributed by atoms with Gasteiger partial charge >= 0.3 is 0 Å². The molecule has 0 bridgehead atoms. The van der Waals surface area contributed by atoms with Gasteiger partial charge in [-0.3, -0.25) is 9.78 Å². The molecule has 0 fully saturated rings. The summed E-state index contributed by atoms with van der Waals surface area (Å²) in [7, 11) is 0. The number of aryl methyl sites for hydroxylation is 2. The number of carbonyl (C=O) groups is 1. The first-order chi connectivity index (χ1) is 10.6. The van der Waals surface area contributed by atoms with Gasteiger partial charge in [-0.25, -0.2) is 4.98 Å². The zero-order chi connectivity index (χ0) is 15.7. The number of hydrogen-bond donors (Lipinski definition) is 2. The minimum absolute atomic E-state index is 0.120. The molecule has 1 aromatic rings. The average Bonchev–Trinajstić information content (AvgIpc) is 2.47. The van der Waals surface area contributed by atoms with Gasteiger partial charge in [0.05, 0.1) is 17.1 Å². The molecule has 2 atom stereocenters. The minimum atomic E-state index is -0.120. The van der Waals surface area contributed by atoms with Gasteiger partial charge in [-0.2, -0.15) is 0 Å². The second kappa shape index (κ2) is 5.91. The number of hydrogen-bond acceptors (Lipinski definition) is 4. The molecule has 2 aliphatic rings. The highest BCUT2D eigenvalue weighted by Gasteiger charge is 2.32. The first-order valence-corrected chi connectivity index (χ1v) is 7.84. The lowest BCUT2D eigenvalue weighted by atomic mass is 9.77. The lowest BCUT2D eigenvalue weighted by Gasteiger charge is -2.31. The van der Waals surface area contributed by atoms with Crippen LogP contribution >= 0.6 is 0 Å². The van der Waals surface area contributed by atoms with Crippen LogP contribution in [0.4, 0.5) is 5.82 Å². The molecule has 1 amide bonds. The van der Waals surface area contributed by atoms with Crippen molar-refractivity contribution in [3.05, 3.63) is 41.1 Å². The number of amides is 1. The molecule has 0 saturated carbocycles. The highest BCUT2D eigenvalue weighted by atomic mass is 16.3. The Bertz CT molecular complexity index is 664. The molecule has 0 aliphatic heterocycles. The van der Waals surface area contributed by atoms with E-state index in [-0.39, 0.29) is 17.7 Å². The zero-order valence-electron chi connectivity index (χ0n) is 13.0. The maximum absolute atomic E-state index is 11.4. The van der Waals surface area contributed by atoms with Crippen LogP contribution < -0.4 is 5.32 Å². The van der Waals surface area contributed by atoms with Crippen molar-refractivity contribution in [2.75, 3.05) is 5.32 Å². The Hall–Kier alpha value is -2.17. The van der Waals surface area contributed by atoms with Gasteiger partial charge in [0.25, 0.3) is 0 Å². The van der Waals surface area contributed by atoms with Crippen LogP contribution in [0, 0.1) is 5.92 Å². The molecule has 0 spiro atoms. The number of carbonyl (C=O) groups excluding carboxylic acids is 1. The normalized spacial score (nSPS) is 22.5. The summed E-state index contributed by atoms with van der Waals surface area (Å²) in [5, 5.41) is 12.5. The molecule has 0 aromatic carbocycles. The van der Waals surface area contributed by atoms with E-state index in [0.29, 0.717) is 11.6 Å². The van der Waals surface area contributed by atoms with Crippen molar-refractivity contribution in [3.8, 4) is 0 Å². The van der Waals surface area contributed by atoms with Gasteiger partial charge in [-0.1, -0.05) is 19.4 Å². The average molecular weight is 299 g/mol. The quantitative estimate of drug-likeness (QED) is 0.899. The molecule has 5 nitrogen and oxygen atoms in total. The second-order valence-electron chi connectivity index (χ2n) is 5.96. The Labute approximate surface area is 130 Å². The van der Waals surface area contributed by atoms with Crippen molar-refractivity contribution >= 4 is 11.7 Å². The van der Waals surface area contributed by atoms with Crippen molar-refractivity contribution in [1.82, 2.24) is 9.97 Å². The summed E-state index contributed by atoms with van der Waals surface area (Å²) >= 11 is 0. The van der Waals surface area contributed by atoms with Crippen LogP contribution in [0.2, 0.25) is 0 Å². The van der Waals surface area contributed by atoms with Crippen LogP contribution in [0.15, 0.2) is 24.0 Å². The molecule has 2 aliphatic carbocycles. The van der Waals surface area contributed by atoms with Gasteiger partial charge in [-0.05, 0) is 37.3 Å². The highest BCUT2D eigenvalue weighted by Crippen LogP contribution is 2.39. The lowest BCUT2D eigenvalue weighted by Crippen LogP contribution is -2.24. The zero-order valence-corrected chi connectivity index (χ0v) is 13.0. The first-order valence-electron chi connectivity index (χ1n) is 7.84. The molecule has 1 heterocycles. The topological polar surface area (TPSA) is 75.1 Å². The summed E-state index contributed by atoms with van der Waals surface area (Å²) in [5.74, 6) is 1.28. The fourth-order valence-electron chi connectivity index (χ4n) is 3.23. The lowest BCUT2D eigenvalue weighted by molar-refractivity contribution is -0.114. The number of aliphatic hydroxyl groups is 1. The van der Waals surface area contributed by atoms with Gasteiger partial charge in [-0.15, -0.1) is 0 Å². The fraction of sp³-hybridized carbons (Fsp3) is 0.471. The molecule has 3 rings (SSSR count). The summed E-state index contributed by atoms with van der Waals surface area (Å²) in [5.41, 5.74) is 2.81. The number of rotatable bonds is 3. The molecule has 0 radical (unpaired) electrons. The summed E-state index contributed by atoms with van der Waals surface area (Å²) < 4.78 is 0. The number of nitrogens with one attached hydrogen (secondary N) is 1. The van der Waals surface area contributed by atoms with Crippen LogP contribution in [-0.4, -0.2) is 21.0 Å². The predicted octanol–water partition coefficient (Wildman–Crippen LogP) is 3.05. The Morgan fingerprint density at radius 1 is 1.45 bits per heavy atom. The SMILES string of the molecule is CCCc1nc2c(nc1NC(C)=O)CCC1C=C(O)C=CC21. The smallest absolute Gasteiger partial charge is 0.222 e. The standard InChI is InChI=1S/C17H21N3O2/c1-3-4-15-17(18-10(2)21)20-14-8-5-11-9-12(22)6-7-13(11)16(14)19-15/h6-7,9,11,13,22H,3-5,8H2,1-2H3,(H,18,20,21). The van der Waals surface area contributed by atoms with Crippen LogP contribution in [0.25, 0.3) is 0 Å². The molecule has 116 valence electrons. The number of allylic oxidation sites excluding steroid dienone is 3. The van der Waals surface area contributed by atoms with Crippen molar-refractivity contribution in [1.29, 1.82) is 0 Å². The first kappa shape index (κ1) is 14.8. The van der Waals surface area contributed by atoms with Crippen LogP contribution in [0.1, 0.15) is 49.7 Å². The Balaban J connectivity index is 2.02. The highest BCUT2D eigenvalue weighted by molar-refractivity contribution is 5.88. The van der Waals surface area contributed by atoms with Gasteiger partial charge < -0.3 is 10.4 Å². The summed E-state index contributed by atoms with van der Waals surface area (Å²) in [6.07, 6.45) is 9.16. The third-order valence-corrected chi connectivity index (χ3v) is 4.20. The minimum Gasteiger partial charge on any atom is -0.508 e. The number of nitrogens with zero attached hydrogens (tertiary/aromatic N) is 2. The van der Waals surface area contributed by atoms with Gasteiger partial charge in [0.1, 0.15) is 5.76 Å². The van der Waals surface area contributed by atoms with Gasteiger partial charge in [0.15, 0.2) is 5.82 Å². The summed E-state index contributed by atoms with van der Waals surface area (Å²) in [6.45, 7) is 3.58. The van der Waals surface area contributed by atoms with Crippen molar-refractivity contribution < 1.29 is 9.90 Å². The third kappa shape index (κ3) is 2.75. The monoisotopic (exact) mass is 299 g/mol. The van der Waals surface area contributed by atoms with E-state index in [2.05, 4.69) is 17.2 Å². The fourth-order valence-corrected chi connectivity index (χ4v) is 3.23. The van der Waals surface area contributed by atoms with Crippen LogP contribution in [0.5, 0.6) is 0 Å². The number of aromatic nitrogens is 2. The van der Waals surface area contributed by atoms with E-state index >= 15 is 0 Å². The number of aliphatic hydroxyl groups excluding tert-OH is 1. The largest absolute Gasteiger partial charge is 0.508 e. The maximum Gasteiger partial charge on any atom is 0.222 e. The second-order valence-corrected chi connectivity index (χ2v) is 5.96. The van der Waals surface area contributed by atoms with Crippen molar-refractivity contribution in [2.45, 2.75) is 45.4 Å². The molecular formula is C17H21N3O2. The van der Waals surface area contributed by atoms with E-state index in [9.17, 15) is 9.90 Å². The molecule has 0 saturated heterocycles. The van der Waals surface area contributed by atoms with E-state index < -0.39 is 0 Å². The number of fused-ring (bicyclic) bond motifs is 3. The van der Waals surface area contributed by atoms with Gasteiger partial charge in [0, 0.05) is 12.8 Å². The van der Waals surface area contributed by atoms with Crippen molar-refractivity contribution in [2.24, 2.45) is 5.92 Å². The van der Waals surface area contributed by atoms with E-state index in [1.807, 2.05) is 12.2 Å². The Kier molecular flexibility index (Phi) is 3.96. The molecule has 5 heteroatoms. The van der Waals surface area contributed by atoms with Gasteiger partial charge in [0.2, 0.25) is 5.91 Å². The summed E-state index contributed by atoms with van der Waals surface area (Å²) in [6, 6.07) is 0. The van der Waals surface area contributed by atoms with Crippen molar-refractivity contribution in [3.63, 3.8) is 0 Å². The van der Waals surface area contributed by atoms with E-state index in [4.69, 9.17) is 4.98 Å². The molecule has 2 unspecified atom stereocenters. The molecule has 1 aromatic heterocycles. The third-order valence-electron chi connectivity index (χ3n) is 4.20. The summed E-state index contributed by atoms with van der Waals surface area (Å²) in [4.78, 5) is 20.9. The van der Waals surface area contributed by atoms with Crippen LogP contribution in [-0.2, 0) is 17.6 Å². The van der Waals surface area contributed by atoms with Crippen LogP contribution in [0.3, 0.4) is 0 Å². The molecule has 22 heavy (non-hydrogen) atoms.